The van der Waals surface area contributed by atoms with Crippen LogP contribution in [0.2, 0.25) is 0 Å². The highest BCUT2D eigenvalue weighted by atomic mass is 19.4. The molecule has 2 heterocycles. The van der Waals surface area contributed by atoms with Crippen molar-refractivity contribution in [1.29, 1.82) is 0 Å². The molecular weight excluding hydrogens is 235 g/mol. The van der Waals surface area contributed by atoms with Crippen LogP contribution in [-0.4, -0.2) is 43.3 Å². The first-order valence-electron chi connectivity index (χ1n) is 5.91. The molecule has 0 aromatic heterocycles. The first-order valence-corrected chi connectivity index (χ1v) is 5.91. The predicted molar refractivity (Wildman–Crippen MR) is 54.3 cm³/mol. The van der Waals surface area contributed by atoms with Gasteiger partial charge < -0.3 is 9.64 Å². The van der Waals surface area contributed by atoms with Crippen molar-refractivity contribution in [3.8, 4) is 0 Å². The van der Waals surface area contributed by atoms with Gasteiger partial charge in [-0.05, 0) is 19.3 Å². The lowest BCUT2D eigenvalue weighted by Crippen LogP contribution is -2.44. The lowest BCUT2D eigenvalue weighted by atomic mass is 9.95. The molecule has 0 N–H and O–H groups in total. The van der Waals surface area contributed by atoms with E-state index in [4.69, 9.17) is 4.74 Å². The Balaban J connectivity index is 1.84. The Bertz CT molecular complexity index is 279. The minimum atomic E-state index is -4.12. The standard InChI is InChI=1S/C11H16F3NO2/c12-11(13,14)9-1-4-15(5-2-9)10(16)8-3-6-17-7-8/h8-9H,1-7H2/t8-/m0/s1. The summed E-state index contributed by atoms with van der Waals surface area (Å²) in [4.78, 5) is 13.5. The van der Waals surface area contributed by atoms with Crippen molar-refractivity contribution in [2.45, 2.75) is 25.4 Å². The second-order valence-electron chi connectivity index (χ2n) is 4.70. The Hall–Kier alpha value is -0.780. The molecule has 0 aliphatic carbocycles. The fourth-order valence-corrected chi connectivity index (χ4v) is 2.41. The molecule has 0 spiro atoms. The van der Waals surface area contributed by atoms with Crippen molar-refractivity contribution in [1.82, 2.24) is 4.90 Å². The molecule has 3 nitrogen and oxygen atoms in total. The van der Waals surface area contributed by atoms with Crippen molar-refractivity contribution in [3.05, 3.63) is 0 Å². The molecule has 6 heteroatoms. The van der Waals surface area contributed by atoms with Crippen LogP contribution >= 0.6 is 0 Å². The number of hydrogen-bond donors (Lipinski definition) is 0. The lowest BCUT2D eigenvalue weighted by Gasteiger charge is -2.34. The average molecular weight is 251 g/mol. The van der Waals surface area contributed by atoms with Crippen molar-refractivity contribution in [3.63, 3.8) is 0 Å². The number of alkyl halides is 3. The zero-order valence-corrected chi connectivity index (χ0v) is 9.50. The van der Waals surface area contributed by atoms with Gasteiger partial charge in [0.25, 0.3) is 0 Å². The van der Waals surface area contributed by atoms with Crippen LogP contribution in [0.5, 0.6) is 0 Å². The van der Waals surface area contributed by atoms with Gasteiger partial charge in [-0.3, -0.25) is 4.79 Å². The van der Waals surface area contributed by atoms with Gasteiger partial charge in [0.15, 0.2) is 0 Å². The van der Waals surface area contributed by atoms with Crippen molar-refractivity contribution in [2.75, 3.05) is 26.3 Å². The molecule has 1 amide bonds. The largest absolute Gasteiger partial charge is 0.391 e. The van der Waals surface area contributed by atoms with Gasteiger partial charge in [0.05, 0.1) is 18.4 Å². The number of carbonyl (C=O) groups excluding carboxylic acids is 1. The Morgan fingerprint density at radius 1 is 1.18 bits per heavy atom. The lowest BCUT2D eigenvalue weighted by molar-refractivity contribution is -0.187. The molecule has 2 aliphatic heterocycles. The van der Waals surface area contributed by atoms with Gasteiger partial charge in [0.2, 0.25) is 5.91 Å². The summed E-state index contributed by atoms with van der Waals surface area (Å²) in [6, 6.07) is 0. The highest BCUT2D eigenvalue weighted by molar-refractivity contribution is 5.79. The van der Waals surface area contributed by atoms with Gasteiger partial charge in [0.1, 0.15) is 0 Å². The minimum absolute atomic E-state index is 0.0306. The second kappa shape index (κ2) is 4.84. The second-order valence-corrected chi connectivity index (χ2v) is 4.70. The van der Waals surface area contributed by atoms with Crippen LogP contribution in [0.25, 0.3) is 0 Å². The summed E-state index contributed by atoms with van der Waals surface area (Å²) >= 11 is 0. The third kappa shape index (κ3) is 2.91. The number of likely N-dealkylation sites (tertiary alicyclic amines) is 1. The average Bonchev–Trinajstić information content (AvgIpc) is 2.80. The zero-order chi connectivity index (χ0) is 12.5. The van der Waals surface area contributed by atoms with Crippen LogP contribution in [0.3, 0.4) is 0 Å². The fourth-order valence-electron chi connectivity index (χ4n) is 2.41. The molecule has 17 heavy (non-hydrogen) atoms. The van der Waals surface area contributed by atoms with Gasteiger partial charge in [0, 0.05) is 19.7 Å². The molecule has 0 aromatic carbocycles. The molecule has 2 fully saturated rings. The summed E-state index contributed by atoms with van der Waals surface area (Å²) in [5.41, 5.74) is 0. The monoisotopic (exact) mass is 251 g/mol. The van der Waals surface area contributed by atoms with E-state index in [-0.39, 0.29) is 37.8 Å². The Morgan fingerprint density at radius 2 is 1.82 bits per heavy atom. The molecule has 2 rings (SSSR count). The number of nitrogens with zero attached hydrogens (tertiary/aromatic N) is 1. The molecule has 0 aromatic rings. The summed E-state index contributed by atoms with van der Waals surface area (Å²) in [6.45, 7) is 1.44. The van der Waals surface area contributed by atoms with E-state index in [2.05, 4.69) is 0 Å². The van der Waals surface area contributed by atoms with Crippen LogP contribution in [0, 0.1) is 11.8 Å². The van der Waals surface area contributed by atoms with Crippen molar-refractivity contribution < 1.29 is 22.7 Å². The maximum Gasteiger partial charge on any atom is 0.391 e. The highest BCUT2D eigenvalue weighted by Gasteiger charge is 2.42. The summed E-state index contributed by atoms with van der Waals surface area (Å²) in [5.74, 6) is -1.42. The quantitative estimate of drug-likeness (QED) is 0.711. The number of piperidine rings is 1. The van der Waals surface area contributed by atoms with Gasteiger partial charge in [-0.1, -0.05) is 0 Å². The van der Waals surface area contributed by atoms with Gasteiger partial charge in [-0.15, -0.1) is 0 Å². The van der Waals surface area contributed by atoms with Gasteiger partial charge in [-0.25, -0.2) is 0 Å². The molecular formula is C11H16F3NO2. The van der Waals surface area contributed by atoms with E-state index in [1.54, 1.807) is 4.90 Å². The number of carbonyl (C=O) groups is 1. The van der Waals surface area contributed by atoms with Crippen molar-refractivity contribution >= 4 is 5.91 Å². The zero-order valence-electron chi connectivity index (χ0n) is 9.50. The smallest absolute Gasteiger partial charge is 0.381 e. The molecule has 98 valence electrons. The van der Waals surface area contributed by atoms with E-state index in [9.17, 15) is 18.0 Å². The van der Waals surface area contributed by atoms with E-state index in [0.717, 1.165) is 0 Å². The molecule has 2 saturated heterocycles. The number of halogens is 3. The summed E-state index contributed by atoms with van der Waals surface area (Å²) in [7, 11) is 0. The fraction of sp³-hybridized carbons (Fsp3) is 0.909. The van der Waals surface area contributed by atoms with Gasteiger partial charge >= 0.3 is 6.18 Å². The van der Waals surface area contributed by atoms with Crippen LogP contribution in [0.4, 0.5) is 13.2 Å². The van der Waals surface area contributed by atoms with E-state index in [1.165, 1.54) is 0 Å². The Labute approximate surface area is 97.9 Å². The number of amides is 1. The van der Waals surface area contributed by atoms with Crippen LogP contribution < -0.4 is 0 Å². The molecule has 0 bridgehead atoms. The first-order chi connectivity index (χ1) is 7.98. The highest BCUT2D eigenvalue weighted by Crippen LogP contribution is 2.34. The van der Waals surface area contributed by atoms with Crippen LogP contribution in [-0.2, 0) is 9.53 Å². The first kappa shape index (κ1) is 12.7. The van der Waals surface area contributed by atoms with E-state index < -0.39 is 12.1 Å². The molecule has 0 unspecified atom stereocenters. The topological polar surface area (TPSA) is 29.5 Å². The Kier molecular flexibility index (Phi) is 3.61. The normalized spacial score (nSPS) is 27.5. The van der Waals surface area contributed by atoms with Crippen molar-refractivity contribution in [2.24, 2.45) is 11.8 Å². The molecule has 1 atom stereocenters. The predicted octanol–water partition coefficient (Wildman–Crippen LogP) is 1.82. The molecule has 2 aliphatic rings. The summed E-state index contributed by atoms with van der Waals surface area (Å²) in [5, 5.41) is 0. The third-order valence-electron chi connectivity index (χ3n) is 3.55. The van der Waals surface area contributed by atoms with Crippen LogP contribution in [0.15, 0.2) is 0 Å². The van der Waals surface area contributed by atoms with E-state index >= 15 is 0 Å². The minimum Gasteiger partial charge on any atom is -0.381 e. The SMILES string of the molecule is O=C([C@H]1CCOC1)N1CCC(C(F)(F)F)CC1. The van der Waals surface area contributed by atoms with E-state index in [1.807, 2.05) is 0 Å². The summed E-state index contributed by atoms with van der Waals surface area (Å²) in [6.07, 6.45) is -3.37. The maximum absolute atomic E-state index is 12.4. The number of hydrogen-bond acceptors (Lipinski definition) is 2. The number of ether oxygens (including phenoxy) is 1. The van der Waals surface area contributed by atoms with Crippen LogP contribution in [0.1, 0.15) is 19.3 Å². The van der Waals surface area contributed by atoms with Gasteiger partial charge in [-0.2, -0.15) is 13.2 Å². The number of rotatable bonds is 1. The Morgan fingerprint density at radius 3 is 2.29 bits per heavy atom. The maximum atomic E-state index is 12.4. The third-order valence-corrected chi connectivity index (χ3v) is 3.55. The molecule has 0 saturated carbocycles. The van der Waals surface area contributed by atoms with E-state index in [0.29, 0.717) is 19.6 Å². The summed E-state index contributed by atoms with van der Waals surface area (Å²) < 4.78 is 42.5. The molecule has 0 radical (unpaired) electrons.